The lowest BCUT2D eigenvalue weighted by molar-refractivity contribution is -0.127. The number of carbonyl (C=O) groups excluding carboxylic acids is 1. The number of anilines is 2. The van der Waals surface area contributed by atoms with Crippen LogP contribution in [0.1, 0.15) is 16.7 Å². The molecule has 28 heavy (non-hydrogen) atoms. The maximum Gasteiger partial charge on any atom is 0.233 e. The van der Waals surface area contributed by atoms with Gasteiger partial charge in [-0.1, -0.05) is 47.4 Å². The Hall–Kier alpha value is -2.45. The first-order valence-electron chi connectivity index (χ1n) is 8.70. The van der Waals surface area contributed by atoms with Crippen LogP contribution in [0, 0.1) is 19.7 Å². The molecule has 5 nitrogen and oxygen atoms in total. The van der Waals surface area contributed by atoms with Crippen molar-refractivity contribution >= 4 is 39.8 Å². The lowest BCUT2D eigenvalue weighted by atomic mass is 10.1. The van der Waals surface area contributed by atoms with Gasteiger partial charge in [0.15, 0.2) is 4.34 Å². The number of benzene rings is 2. The number of thioether (sulfide) groups is 1. The van der Waals surface area contributed by atoms with E-state index in [1.807, 2.05) is 12.1 Å². The van der Waals surface area contributed by atoms with Gasteiger partial charge in [0.05, 0.1) is 5.75 Å². The predicted molar refractivity (Wildman–Crippen MR) is 113 cm³/mol. The van der Waals surface area contributed by atoms with Crippen molar-refractivity contribution in [1.29, 1.82) is 0 Å². The molecule has 0 fully saturated rings. The van der Waals surface area contributed by atoms with Gasteiger partial charge in [0.25, 0.3) is 0 Å². The average molecular weight is 417 g/mol. The van der Waals surface area contributed by atoms with Gasteiger partial charge in [-0.3, -0.25) is 4.79 Å². The van der Waals surface area contributed by atoms with Crippen molar-refractivity contribution in [2.24, 2.45) is 0 Å². The van der Waals surface area contributed by atoms with Crippen molar-refractivity contribution in [3.63, 3.8) is 0 Å². The molecule has 1 aromatic heterocycles. The zero-order valence-corrected chi connectivity index (χ0v) is 17.5. The number of aromatic nitrogens is 2. The molecule has 0 spiro atoms. The SMILES string of the molecule is Cc1cccc(Nc2nnc(SCC(=O)N(C)Cc3ccc(F)cc3)s2)c1C. The van der Waals surface area contributed by atoms with E-state index in [1.54, 1.807) is 24.1 Å². The fraction of sp³-hybridized carbons (Fsp3) is 0.250. The first-order chi connectivity index (χ1) is 13.4. The summed E-state index contributed by atoms with van der Waals surface area (Å²) in [5.41, 5.74) is 4.27. The highest BCUT2D eigenvalue weighted by Crippen LogP contribution is 2.29. The third-order valence-electron chi connectivity index (χ3n) is 4.33. The van der Waals surface area contributed by atoms with Crippen LogP contribution in [-0.2, 0) is 11.3 Å². The molecular weight excluding hydrogens is 395 g/mol. The summed E-state index contributed by atoms with van der Waals surface area (Å²) < 4.78 is 13.7. The molecule has 0 aliphatic heterocycles. The monoisotopic (exact) mass is 416 g/mol. The van der Waals surface area contributed by atoms with E-state index in [2.05, 4.69) is 35.4 Å². The van der Waals surface area contributed by atoms with Crippen molar-refractivity contribution in [3.8, 4) is 0 Å². The van der Waals surface area contributed by atoms with Crippen LogP contribution in [0.4, 0.5) is 15.2 Å². The molecule has 0 atom stereocenters. The van der Waals surface area contributed by atoms with Gasteiger partial charge in [-0.05, 0) is 48.7 Å². The van der Waals surface area contributed by atoms with E-state index in [-0.39, 0.29) is 17.5 Å². The smallest absolute Gasteiger partial charge is 0.233 e. The molecule has 0 bridgehead atoms. The van der Waals surface area contributed by atoms with Gasteiger partial charge in [0.1, 0.15) is 5.82 Å². The summed E-state index contributed by atoms with van der Waals surface area (Å²) in [4.78, 5) is 14.0. The molecule has 3 aromatic rings. The molecule has 1 N–H and O–H groups in total. The van der Waals surface area contributed by atoms with E-state index in [9.17, 15) is 9.18 Å². The predicted octanol–water partition coefficient (Wildman–Crippen LogP) is 4.79. The quantitative estimate of drug-likeness (QED) is 0.561. The van der Waals surface area contributed by atoms with E-state index in [0.29, 0.717) is 11.7 Å². The molecule has 0 aliphatic carbocycles. The number of hydrogen-bond acceptors (Lipinski definition) is 6. The minimum atomic E-state index is -0.283. The number of amides is 1. The highest BCUT2D eigenvalue weighted by atomic mass is 32.2. The highest BCUT2D eigenvalue weighted by molar-refractivity contribution is 8.01. The van der Waals surface area contributed by atoms with E-state index in [4.69, 9.17) is 0 Å². The van der Waals surface area contributed by atoms with E-state index >= 15 is 0 Å². The number of carbonyl (C=O) groups is 1. The fourth-order valence-corrected chi connectivity index (χ4v) is 4.21. The molecule has 8 heteroatoms. The minimum Gasteiger partial charge on any atom is -0.341 e. The topological polar surface area (TPSA) is 58.1 Å². The van der Waals surface area contributed by atoms with Crippen molar-refractivity contribution < 1.29 is 9.18 Å². The molecule has 0 aliphatic rings. The fourth-order valence-electron chi connectivity index (χ4n) is 2.51. The number of nitrogens with one attached hydrogen (secondary N) is 1. The summed E-state index contributed by atoms with van der Waals surface area (Å²) in [6.07, 6.45) is 0. The Bertz CT molecular complexity index is 959. The summed E-state index contributed by atoms with van der Waals surface area (Å²) in [6, 6.07) is 12.2. The van der Waals surface area contributed by atoms with E-state index < -0.39 is 0 Å². The number of aryl methyl sites for hydroxylation is 1. The number of nitrogens with zero attached hydrogens (tertiary/aromatic N) is 3. The van der Waals surface area contributed by atoms with Crippen LogP contribution in [-0.4, -0.2) is 33.8 Å². The molecule has 0 saturated heterocycles. The van der Waals surface area contributed by atoms with Crippen LogP contribution in [0.2, 0.25) is 0 Å². The zero-order chi connectivity index (χ0) is 20.1. The molecule has 1 amide bonds. The maximum absolute atomic E-state index is 13.0. The Kier molecular flexibility index (Phi) is 6.64. The van der Waals surface area contributed by atoms with Gasteiger partial charge in [0, 0.05) is 19.3 Å². The summed E-state index contributed by atoms with van der Waals surface area (Å²) in [6.45, 7) is 4.56. The summed E-state index contributed by atoms with van der Waals surface area (Å²) in [7, 11) is 1.74. The molecular formula is C20H21FN4OS2. The Morgan fingerprint density at radius 3 is 2.68 bits per heavy atom. The maximum atomic E-state index is 13.0. The minimum absolute atomic E-state index is 0.0198. The first-order valence-corrected chi connectivity index (χ1v) is 10.5. The Morgan fingerprint density at radius 2 is 1.93 bits per heavy atom. The highest BCUT2D eigenvalue weighted by Gasteiger charge is 2.13. The number of rotatable bonds is 7. The van der Waals surface area contributed by atoms with Crippen LogP contribution in [0.3, 0.4) is 0 Å². The molecule has 0 radical (unpaired) electrons. The van der Waals surface area contributed by atoms with E-state index in [1.165, 1.54) is 46.4 Å². The van der Waals surface area contributed by atoms with Gasteiger partial charge < -0.3 is 10.2 Å². The van der Waals surface area contributed by atoms with Crippen molar-refractivity contribution in [2.75, 3.05) is 18.1 Å². The summed E-state index contributed by atoms with van der Waals surface area (Å²) >= 11 is 2.78. The Balaban J connectivity index is 1.52. The second kappa shape index (κ2) is 9.16. The summed E-state index contributed by atoms with van der Waals surface area (Å²) in [5, 5.41) is 12.3. The van der Waals surface area contributed by atoms with Crippen molar-refractivity contribution in [2.45, 2.75) is 24.7 Å². The van der Waals surface area contributed by atoms with Gasteiger partial charge in [0.2, 0.25) is 11.0 Å². The van der Waals surface area contributed by atoms with Crippen molar-refractivity contribution in [3.05, 3.63) is 65.0 Å². The lowest BCUT2D eigenvalue weighted by Crippen LogP contribution is -2.27. The zero-order valence-electron chi connectivity index (χ0n) is 15.9. The van der Waals surface area contributed by atoms with Crippen LogP contribution >= 0.6 is 23.1 Å². The lowest BCUT2D eigenvalue weighted by Gasteiger charge is -2.16. The molecule has 1 heterocycles. The van der Waals surface area contributed by atoms with Gasteiger partial charge in [-0.2, -0.15) is 0 Å². The third-order valence-corrected chi connectivity index (χ3v) is 6.29. The third kappa shape index (κ3) is 5.30. The Labute approximate surface area is 172 Å². The number of hydrogen-bond donors (Lipinski definition) is 1. The van der Waals surface area contributed by atoms with Gasteiger partial charge in [-0.15, -0.1) is 10.2 Å². The molecule has 146 valence electrons. The second-order valence-corrected chi connectivity index (χ2v) is 8.61. The standard InChI is InChI=1S/C20H21FN4OS2/c1-13-5-4-6-17(14(13)2)22-19-23-24-20(28-19)27-12-18(26)25(3)11-15-7-9-16(21)10-8-15/h4-10H,11-12H2,1-3H3,(H,22,23). The van der Waals surface area contributed by atoms with Gasteiger partial charge >= 0.3 is 0 Å². The van der Waals surface area contributed by atoms with Crippen LogP contribution < -0.4 is 5.32 Å². The normalized spacial score (nSPS) is 10.7. The second-order valence-electron chi connectivity index (χ2n) is 6.41. The molecule has 0 saturated carbocycles. The van der Waals surface area contributed by atoms with Crippen LogP contribution in [0.5, 0.6) is 0 Å². The van der Waals surface area contributed by atoms with E-state index in [0.717, 1.165) is 15.6 Å². The van der Waals surface area contributed by atoms with Crippen LogP contribution in [0.25, 0.3) is 0 Å². The molecule has 0 unspecified atom stereocenters. The largest absolute Gasteiger partial charge is 0.341 e. The summed E-state index contributed by atoms with van der Waals surface area (Å²) in [5.74, 6) is -0.0288. The Morgan fingerprint density at radius 1 is 1.18 bits per heavy atom. The first kappa shape index (κ1) is 20.3. The number of halogens is 1. The van der Waals surface area contributed by atoms with Crippen LogP contribution in [0.15, 0.2) is 46.8 Å². The average Bonchev–Trinajstić information content (AvgIpc) is 3.12. The van der Waals surface area contributed by atoms with Gasteiger partial charge in [-0.25, -0.2) is 4.39 Å². The molecule has 2 aromatic carbocycles. The van der Waals surface area contributed by atoms with Crippen molar-refractivity contribution in [1.82, 2.24) is 15.1 Å². The molecule has 3 rings (SSSR count).